The van der Waals surface area contributed by atoms with Gasteiger partial charge in [0.25, 0.3) is 0 Å². The maximum Gasteiger partial charge on any atom is 0.189 e. The molecule has 4 nitrogen and oxygen atoms in total. The van der Waals surface area contributed by atoms with E-state index in [1.54, 1.807) is 36.4 Å². The summed E-state index contributed by atoms with van der Waals surface area (Å²) in [6.07, 6.45) is 16.0. The number of allylic oxidation sites excluding steroid dienone is 9. The molecule has 0 aliphatic carbocycles. The van der Waals surface area contributed by atoms with Gasteiger partial charge in [-0.1, -0.05) is 64.8 Å². The van der Waals surface area contributed by atoms with E-state index < -0.39 is 0 Å². The first-order valence-electron chi connectivity index (χ1n) is 13.6. The number of benzene rings is 2. The molecule has 0 heterocycles. The van der Waals surface area contributed by atoms with Crippen LogP contribution in [0.1, 0.15) is 94.3 Å². The minimum absolute atomic E-state index is 0.0354. The minimum atomic E-state index is -0.350. The van der Waals surface area contributed by atoms with Crippen LogP contribution in [0.2, 0.25) is 0 Å². The monoisotopic (exact) mass is 528 g/mol. The molecule has 2 rings (SSSR count). The number of hydrogen-bond donors (Lipinski definition) is 3. The van der Waals surface area contributed by atoms with Crippen LogP contribution in [0.25, 0.3) is 6.08 Å². The topological polar surface area (TPSA) is 77.8 Å². The highest BCUT2D eigenvalue weighted by Gasteiger charge is 2.19. The Hall–Kier alpha value is -3.79. The molecule has 4 heteroatoms. The minimum Gasteiger partial charge on any atom is -0.508 e. The molecule has 2 aromatic rings. The van der Waals surface area contributed by atoms with Crippen LogP contribution in [0.4, 0.5) is 0 Å². The van der Waals surface area contributed by atoms with E-state index in [2.05, 4.69) is 52.8 Å². The van der Waals surface area contributed by atoms with Crippen LogP contribution in [-0.2, 0) is 12.8 Å². The molecule has 208 valence electrons. The van der Waals surface area contributed by atoms with Gasteiger partial charge in [0.05, 0.1) is 5.56 Å². The zero-order chi connectivity index (χ0) is 28.9. The fraction of sp³-hybridized carbons (Fsp3) is 0.343. The lowest BCUT2D eigenvalue weighted by Gasteiger charge is -2.14. The molecule has 0 atom stereocenters. The summed E-state index contributed by atoms with van der Waals surface area (Å²) in [7, 11) is 0. The molecular formula is C35H44O4. The average molecular weight is 529 g/mol. The molecule has 0 saturated carbocycles. The van der Waals surface area contributed by atoms with Crippen molar-refractivity contribution in [3.63, 3.8) is 0 Å². The lowest BCUT2D eigenvalue weighted by molar-refractivity contribution is 0.104. The fourth-order valence-electron chi connectivity index (χ4n) is 4.11. The molecule has 0 saturated heterocycles. The Morgan fingerprint density at radius 2 is 1.26 bits per heavy atom. The highest BCUT2D eigenvalue weighted by Crippen LogP contribution is 2.36. The number of carbonyl (C=O) groups excluding carboxylic acids is 1. The molecule has 0 spiro atoms. The van der Waals surface area contributed by atoms with Gasteiger partial charge in [0, 0.05) is 5.56 Å². The van der Waals surface area contributed by atoms with Gasteiger partial charge in [0.1, 0.15) is 17.2 Å². The Labute approximate surface area is 234 Å². The predicted molar refractivity (Wildman–Crippen MR) is 163 cm³/mol. The summed E-state index contributed by atoms with van der Waals surface area (Å²) in [4.78, 5) is 13.2. The van der Waals surface area contributed by atoms with Gasteiger partial charge in [-0.3, -0.25) is 4.79 Å². The maximum atomic E-state index is 13.2. The van der Waals surface area contributed by atoms with Gasteiger partial charge in [0.2, 0.25) is 0 Å². The first-order valence-corrected chi connectivity index (χ1v) is 13.6. The van der Waals surface area contributed by atoms with Crippen LogP contribution in [0.15, 0.2) is 83.0 Å². The smallest absolute Gasteiger partial charge is 0.189 e. The number of rotatable bonds is 13. The zero-order valence-electron chi connectivity index (χ0n) is 24.3. The molecule has 0 bridgehead atoms. The number of ketones is 1. The average Bonchev–Trinajstić information content (AvgIpc) is 2.87. The lowest BCUT2D eigenvalue weighted by atomic mass is 9.94. The van der Waals surface area contributed by atoms with E-state index >= 15 is 0 Å². The number of carbonyl (C=O) groups is 1. The Bertz CT molecular complexity index is 1280. The third kappa shape index (κ3) is 10.8. The molecule has 0 aliphatic rings. The molecule has 0 unspecified atom stereocenters. The van der Waals surface area contributed by atoms with Crippen molar-refractivity contribution < 1.29 is 20.1 Å². The number of phenolic OH excluding ortho intramolecular Hbond substituents is 3. The molecule has 0 radical (unpaired) electrons. The molecule has 0 amide bonds. The van der Waals surface area contributed by atoms with Crippen molar-refractivity contribution in [2.75, 3.05) is 0 Å². The molecule has 2 aromatic carbocycles. The zero-order valence-corrected chi connectivity index (χ0v) is 24.3. The van der Waals surface area contributed by atoms with Crippen molar-refractivity contribution in [2.24, 2.45) is 0 Å². The third-order valence-corrected chi connectivity index (χ3v) is 6.54. The van der Waals surface area contributed by atoms with Crippen molar-refractivity contribution in [3.8, 4) is 17.2 Å². The number of hydrogen-bond acceptors (Lipinski definition) is 4. The summed E-state index contributed by atoms with van der Waals surface area (Å²) >= 11 is 0. The highest BCUT2D eigenvalue weighted by molar-refractivity contribution is 6.09. The van der Waals surface area contributed by atoms with Crippen LogP contribution in [-0.4, -0.2) is 21.1 Å². The number of phenols is 3. The van der Waals surface area contributed by atoms with E-state index in [9.17, 15) is 20.1 Å². The van der Waals surface area contributed by atoms with Crippen molar-refractivity contribution in [1.29, 1.82) is 0 Å². The SMILES string of the molecule is CC(C)=CCC/C(C)=C\Cc1cc(C(=O)/C=C/c2ccc(O)cc2)c(O)c(C/C=C(\C)CCC=C(C)C)c1O. The standard InChI is InChI=1S/C35H44O4/c1-24(2)9-7-11-26(5)13-18-29-23-32(33(37)22-17-28-15-19-30(36)20-16-28)35(39)31(34(29)38)21-14-27(6)12-8-10-25(3)4/h9-10,13-17,19-20,22-23,36,38-39H,7-8,11-12,18,21H2,1-6H3/b22-17+,26-13-,27-14+. The fourth-order valence-corrected chi connectivity index (χ4v) is 4.11. The second kappa shape index (κ2) is 15.6. The summed E-state index contributed by atoms with van der Waals surface area (Å²) in [6, 6.07) is 8.12. The molecule has 0 aromatic heterocycles. The Balaban J connectivity index is 2.40. The first-order chi connectivity index (χ1) is 18.5. The van der Waals surface area contributed by atoms with Crippen LogP contribution in [0.5, 0.6) is 17.2 Å². The summed E-state index contributed by atoms with van der Waals surface area (Å²) in [5, 5.41) is 31.7. The normalized spacial score (nSPS) is 12.1. The van der Waals surface area contributed by atoms with Gasteiger partial charge in [-0.25, -0.2) is 0 Å². The van der Waals surface area contributed by atoms with Crippen molar-refractivity contribution in [1.82, 2.24) is 0 Å². The maximum absolute atomic E-state index is 13.2. The Morgan fingerprint density at radius 3 is 1.79 bits per heavy atom. The Morgan fingerprint density at radius 1 is 0.718 bits per heavy atom. The van der Waals surface area contributed by atoms with Crippen molar-refractivity contribution >= 4 is 11.9 Å². The van der Waals surface area contributed by atoms with E-state index in [-0.39, 0.29) is 28.6 Å². The highest BCUT2D eigenvalue weighted by atomic mass is 16.3. The van der Waals surface area contributed by atoms with Crippen LogP contribution < -0.4 is 0 Å². The van der Waals surface area contributed by atoms with Gasteiger partial charge in [0.15, 0.2) is 5.78 Å². The van der Waals surface area contributed by atoms with E-state index in [0.717, 1.165) is 36.8 Å². The van der Waals surface area contributed by atoms with Gasteiger partial charge >= 0.3 is 0 Å². The summed E-state index contributed by atoms with van der Waals surface area (Å²) in [5.41, 5.74) is 6.83. The summed E-state index contributed by atoms with van der Waals surface area (Å²) in [6.45, 7) is 12.4. The van der Waals surface area contributed by atoms with Gasteiger partial charge in [-0.15, -0.1) is 0 Å². The van der Waals surface area contributed by atoms with E-state index in [4.69, 9.17) is 0 Å². The largest absolute Gasteiger partial charge is 0.508 e. The van der Waals surface area contributed by atoms with Gasteiger partial charge < -0.3 is 15.3 Å². The van der Waals surface area contributed by atoms with Crippen molar-refractivity contribution in [3.05, 3.63) is 105 Å². The van der Waals surface area contributed by atoms with E-state index in [1.807, 2.05) is 13.0 Å². The molecular weight excluding hydrogens is 484 g/mol. The van der Waals surface area contributed by atoms with Gasteiger partial charge in [-0.2, -0.15) is 0 Å². The van der Waals surface area contributed by atoms with E-state index in [0.29, 0.717) is 24.0 Å². The van der Waals surface area contributed by atoms with Crippen molar-refractivity contribution in [2.45, 2.75) is 80.1 Å². The first kappa shape index (κ1) is 31.4. The quantitative estimate of drug-likeness (QED) is 0.138. The van der Waals surface area contributed by atoms with Crippen LogP contribution >= 0.6 is 0 Å². The Kier molecular flexibility index (Phi) is 12.6. The second-order valence-corrected chi connectivity index (χ2v) is 10.7. The predicted octanol–water partition coefficient (Wildman–Crippen LogP) is 9.17. The summed E-state index contributed by atoms with van der Waals surface area (Å²) in [5.74, 6) is -0.351. The number of aromatic hydroxyl groups is 3. The molecule has 39 heavy (non-hydrogen) atoms. The van der Waals surface area contributed by atoms with Gasteiger partial charge in [-0.05, 0) is 115 Å². The van der Waals surface area contributed by atoms with Crippen LogP contribution in [0.3, 0.4) is 0 Å². The van der Waals surface area contributed by atoms with E-state index in [1.165, 1.54) is 22.8 Å². The summed E-state index contributed by atoms with van der Waals surface area (Å²) < 4.78 is 0. The second-order valence-electron chi connectivity index (χ2n) is 10.7. The lowest BCUT2D eigenvalue weighted by Crippen LogP contribution is -2.02. The third-order valence-electron chi connectivity index (χ3n) is 6.54. The molecule has 0 aliphatic heterocycles. The van der Waals surface area contributed by atoms with Crippen LogP contribution in [0, 0.1) is 0 Å². The molecule has 0 fully saturated rings. The molecule has 3 N–H and O–H groups in total.